The molecule has 6 heterocycles. The summed E-state index contributed by atoms with van der Waals surface area (Å²) in [5.41, 5.74) is 2.80. The topological polar surface area (TPSA) is 180 Å². The Kier molecular flexibility index (Phi) is 20.6. The maximum absolute atomic E-state index is 13.2. The first-order chi connectivity index (χ1) is 38.1. The number of carbonyl (C=O) groups excluding carboxylic acids is 3. The minimum atomic E-state index is -0.650. The normalized spacial score (nSPS) is 24.6. The van der Waals surface area contributed by atoms with Gasteiger partial charge in [-0.2, -0.15) is 0 Å². The molecule has 2 aliphatic carbocycles. The van der Waals surface area contributed by atoms with Crippen LogP contribution in [0.5, 0.6) is 11.5 Å². The molecule has 4 saturated heterocycles. The number of piperidine rings is 2. The van der Waals surface area contributed by atoms with Crippen LogP contribution in [0.1, 0.15) is 142 Å². The molecule has 4 N–H and O–H groups in total. The number of ether oxygens (including phenoxy) is 8. The summed E-state index contributed by atoms with van der Waals surface area (Å²) >= 11 is 0. The fourth-order valence-electron chi connectivity index (χ4n) is 12.4. The van der Waals surface area contributed by atoms with E-state index in [0.29, 0.717) is 50.3 Å². The Bertz CT molecular complexity index is 2300. The van der Waals surface area contributed by atoms with Gasteiger partial charge in [0.25, 0.3) is 5.91 Å². The molecule has 17 nitrogen and oxygen atoms in total. The van der Waals surface area contributed by atoms with Gasteiger partial charge in [0.15, 0.2) is 5.60 Å². The van der Waals surface area contributed by atoms with E-state index in [2.05, 4.69) is 58.2 Å². The van der Waals surface area contributed by atoms with Crippen molar-refractivity contribution in [2.75, 3.05) is 109 Å². The Morgan fingerprint density at radius 2 is 1.14 bits per heavy atom. The van der Waals surface area contributed by atoms with Gasteiger partial charge >= 0.3 is 0 Å². The highest BCUT2D eigenvalue weighted by Gasteiger charge is 2.58. The molecule has 0 radical (unpaired) electrons. The van der Waals surface area contributed by atoms with Crippen molar-refractivity contribution in [1.82, 2.24) is 21.3 Å². The average molecular weight is 1100 g/mol. The molecule has 0 unspecified atom stereocenters. The molecule has 6 aliphatic heterocycles. The zero-order valence-corrected chi connectivity index (χ0v) is 48.7. The van der Waals surface area contributed by atoms with Crippen LogP contribution in [-0.2, 0) is 56.0 Å². The second-order valence-corrected chi connectivity index (χ2v) is 25.5. The lowest BCUT2D eigenvalue weighted by atomic mass is 9.82. The Hall–Kier alpha value is -4.07. The summed E-state index contributed by atoms with van der Waals surface area (Å²) in [6.45, 7) is 19.6. The number of nitrogens with zero attached hydrogens (tertiary/aromatic N) is 2. The number of nitrogens with one attached hydrogen (secondary N) is 4. The van der Waals surface area contributed by atoms with Gasteiger partial charge in [0, 0.05) is 129 Å². The van der Waals surface area contributed by atoms with Crippen LogP contribution in [0.4, 0.5) is 11.4 Å². The van der Waals surface area contributed by atoms with Crippen molar-refractivity contribution in [2.45, 2.75) is 179 Å². The lowest BCUT2D eigenvalue weighted by Crippen LogP contribution is -2.48. The van der Waals surface area contributed by atoms with Gasteiger partial charge in [0.05, 0.1) is 43.3 Å². The van der Waals surface area contributed by atoms with Crippen LogP contribution in [0, 0.1) is 22.7 Å². The van der Waals surface area contributed by atoms with Crippen molar-refractivity contribution in [3.63, 3.8) is 0 Å². The molecular formula is C62H96N6O11. The Labute approximate surface area is 471 Å². The first kappa shape index (κ1) is 59.5. The predicted molar refractivity (Wildman–Crippen MR) is 305 cm³/mol. The van der Waals surface area contributed by atoms with Crippen LogP contribution >= 0.6 is 0 Å². The number of fused-ring (bicyclic) bond motifs is 2. The van der Waals surface area contributed by atoms with Crippen molar-refractivity contribution < 1.29 is 52.3 Å². The number of methoxy groups -OCH3 is 2. The van der Waals surface area contributed by atoms with Gasteiger partial charge in [0.2, 0.25) is 11.8 Å². The average Bonchev–Trinajstić information content (AvgIpc) is 4.60. The van der Waals surface area contributed by atoms with Crippen molar-refractivity contribution in [1.29, 1.82) is 0 Å². The fraction of sp³-hybridized carbons (Fsp3) is 0.758. The molecule has 0 bridgehead atoms. The summed E-state index contributed by atoms with van der Waals surface area (Å²) < 4.78 is 46.5. The molecule has 17 heteroatoms. The Morgan fingerprint density at radius 1 is 0.646 bits per heavy atom. The van der Waals surface area contributed by atoms with E-state index in [-0.39, 0.29) is 35.5 Å². The van der Waals surface area contributed by atoms with Gasteiger partial charge in [-0.05, 0) is 137 Å². The largest absolute Gasteiger partial charge is 0.483 e. The predicted octanol–water partition coefficient (Wildman–Crippen LogP) is 7.63. The van der Waals surface area contributed by atoms with E-state index in [1.165, 1.54) is 11.3 Å². The molecule has 440 valence electrons. The third-order valence-electron chi connectivity index (χ3n) is 17.9. The Morgan fingerprint density at radius 3 is 1.61 bits per heavy atom. The first-order valence-electron chi connectivity index (χ1n) is 30.3. The maximum Gasteiger partial charge on any atom is 0.271 e. The summed E-state index contributed by atoms with van der Waals surface area (Å²) in [5, 5.41) is 13.7. The quantitative estimate of drug-likeness (QED) is 0.0754. The van der Waals surface area contributed by atoms with E-state index in [0.717, 1.165) is 198 Å². The van der Waals surface area contributed by atoms with E-state index < -0.39 is 16.4 Å². The van der Waals surface area contributed by atoms with E-state index in [1.54, 1.807) is 14.2 Å². The molecule has 2 saturated carbocycles. The lowest BCUT2D eigenvalue weighted by Gasteiger charge is -2.37. The number of hydrogen-bond acceptors (Lipinski definition) is 14. The summed E-state index contributed by atoms with van der Waals surface area (Å²) in [6, 6.07) is 13.2. The van der Waals surface area contributed by atoms with E-state index in [9.17, 15) is 14.4 Å². The molecule has 2 aromatic rings. The molecule has 79 heavy (non-hydrogen) atoms. The molecule has 6 fully saturated rings. The minimum Gasteiger partial charge on any atom is -0.483 e. The maximum atomic E-state index is 13.2. The molecule has 8 aliphatic rings. The van der Waals surface area contributed by atoms with E-state index >= 15 is 0 Å². The third kappa shape index (κ3) is 16.4. The first-order valence-corrected chi connectivity index (χ1v) is 30.3. The van der Waals surface area contributed by atoms with Gasteiger partial charge in [-0.25, -0.2) is 0 Å². The number of carbonyl (C=O) groups is 3. The van der Waals surface area contributed by atoms with Crippen LogP contribution in [0.15, 0.2) is 36.4 Å². The van der Waals surface area contributed by atoms with Crippen molar-refractivity contribution in [3.8, 4) is 11.5 Å². The van der Waals surface area contributed by atoms with E-state index in [4.69, 9.17) is 37.9 Å². The SMILES string of the molecule is COCCCN1C(=O)C2(CC2)Oc2ccc(CO[C@@H]3CC[C@@H](CC(C)(C)C(=O)NCC4CCOCC4)NC3)cc21.COCCCN1CC2(CC2)Oc2ccc(CO[C@@H]3CC[C@@H](CC(C)(C)C(=O)NCC4CCOCC4)NC3)cc21. The third-order valence-corrected chi connectivity index (χ3v) is 17.9. The molecule has 3 amide bonds. The highest BCUT2D eigenvalue weighted by Crippen LogP contribution is 2.50. The van der Waals surface area contributed by atoms with Crippen LogP contribution in [0.3, 0.4) is 0 Å². The van der Waals surface area contributed by atoms with Gasteiger partial charge in [-0.15, -0.1) is 0 Å². The van der Waals surface area contributed by atoms with Crippen LogP contribution in [0.25, 0.3) is 0 Å². The zero-order valence-electron chi connectivity index (χ0n) is 48.7. The second kappa shape index (κ2) is 27.3. The Balaban J connectivity index is 0.000000192. The van der Waals surface area contributed by atoms with Gasteiger partial charge < -0.3 is 69.0 Å². The van der Waals surface area contributed by atoms with Crippen LogP contribution in [-0.4, -0.2) is 153 Å². The fourth-order valence-corrected chi connectivity index (χ4v) is 12.4. The summed E-state index contributed by atoms with van der Waals surface area (Å²) in [7, 11) is 3.45. The van der Waals surface area contributed by atoms with E-state index in [1.807, 2.05) is 36.9 Å². The highest BCUT2D eigenvalue weighted by molar-refractivity contribution is 6.04. The summed E-state index contributed by atoms with van der Waals surface area (Å²) in [4.78, 5) is 43.4. The molecular weight excluding hydrogens is 1000 g/mol. The van der Waals surface area contributed by atoms with Crippen LogP contribution < -0.4 is 40.5 Å². The molecule has 2 aromatic carbocycles. The number of benzene rings is 2. The number of rotatable bonds is 24. The standard InChI is InChI=1S/C31H47N3O6.C31H49N3O5/c1-30(2,28(35)33-19-22-9-15-38-16-10-22)18-24-6-7-25(20-32-24)39-21-23-5-8-27-26(17-23)34(13-4-14-37-3)29(36)31(40-27)11-12-31;1-30(2,29(35)33-19-23-9-15-37-16-10-23)18-25-6-7-26(20-32-25)38-21-24-5-8-28-27(17-24)34(13-4-14-36-3)22-31(39-28)11-12-31/h5,8,17,22,24-25,32H,4,6-7,9-16,18-21H2,1-3H3,(H,33,35);5,8,17,23,25-26,32H,4,6-7,9-16,18-22H2,1-3H3,(H,33,35)/t24-,25+;25-,26+/m00/s1. The smallest absolute Gasteiger partial charge is 0.271 e. The van der Waals surface area contributed by atoms with Gasteiger partial charge in [-0.3, -0.25) is 14.4 Å². The highest BCUT2D eigenvalue weighted by atomic mass is 16.5. The van der Waals surface area contributed by atoms with Crippen molar-refractivity contribution in [3.05, 3.63) is 47.5 Å². The molecule has 2 spiro atoms. The molecule has 10 rings (SSSR count). The number of hydrogen-bond donors (Lipinski definition) is 4. The molecule has 0 aromatic heterocycles. The lowest BCUT2D eigenvalue weighted by molar-refractivity contribution is -0.131. The van der Waals surface area contributed by atoms with Crippen molar-refractivity contribution >= 4 is 29.1 Å². The summed E-state index contributed by atoms with van der Waals surface area (Å²) in [5.74, 6) is 3.21. The second-order valence-electron chi connectivity index (χ2n) is 25.5. The van der Waals surface area contributed by atoms with Crippen LogP contribution in [0.2, 0.25) is 0 Å². The van der Waals surface area contributed by atoms with Crippen molar-refractivity contribution in [2.24, 2.45) is 22.7 Å². The van der Waals surface area contributed by atoms with Gasteiger partial charge in [0.1, 0.15) is 17.1 Å². The minimum absolute atomic E-state index is 0.0302. The van der Waals surface area contributed by atoms with Gasteiger partial charge in [-0.1, -0.05) is 39.8 Å². The summed E-state index contributed by atoms with van der Waals surface area (Å²) in [6.07, 6.45) is 15.7. The zero-order chi connectivity index (χ0) is 55.5. The monoisotopic (exact) mass is 1100 g/mol. The number of amides is 3. The molecule has 4 atom stereocenters. The number of anilines is 2.